The second-order valence-corrected chi connectivity index (χ2v) is 15.0. The molecular weight excluding hydrogens is 540 g/mol. The summed E-state index contributed by atoms with van der Waals surface area (Å²) in [6.45, 7) is 13.7. The van der Waals surface area contributed by atoms with Crippen molar-refractivity contribution >= 4 is 0 Å². The minimum Gasteiger partial charge on any atom is -0.0619 e. The molecule has 0 atom stereocenters. The zero-order valence-corrected chi connectivity index (χ0v) is 27.2. The van der Waals surface area contributed by atoms with Crippen molar-refractivity contribution in [2.24, 2.45) is 0 Å². The van der Waals surface area contributed by atoms with Crippen LogP contribution in [0.3, 0.4) is 0 Å². The lowest BCUT2D eigenvalue weighted by molar-refractivity contribution is 0.590. The molecule has 0 nitrogen and oxygen atoms in total. The standard InChI is InChI=1S/C45H40/c1-43(2,3)33-21-15-29(16-22-33)31-19-25-41-37(27-31)38-28-32(30-17-23-34(24-18-30)44(4,5)6)20-26-42(38)45(41)39-13-9-7-11-35(39)36-12-8-10-14-40(36)45/h7-28H,1-6H3. The van der Waals surface area contributed by atoms with Crippen molar-refractivity contribution in [2.75, 3.05) is 0 Å². The zero-order chi connectivity index (χ0) is 31.1. The van der Waals surface area contributed by atoms with E-state index in [2.05, 4.69) is 175 Å². The van der Waals surface area contributed by atoms with Gasteiger partial charge in [-0.15, -0.1) is 0 Å². The van der Waals surface area contributed by atoms with Crippen molar-refractivity contribution in [1.82, 2.24) is 0 Å². The number of benzene rings is 6. The molecule has 0 saturated heterocycles. The molecule has 6 aromatic carbocycles. The third-order valence-corrected chi connectivity index (χ3v) is 10.3. The van der Waals surface area contributed by atoms with E-state index in [1.807, 2.05) is 0 Å². The van der Waals surface area contributed by atoms with Crippen LogP contribution in [0.5, 0.6) is 0 Å². The van der Waals surface area contributed by atoms with Gasteiger partial charge in [0.05, 0.1) is 5.41 Å². The number of hydrogen-bond donors (Lipinski definition) is 0. The molecule has 0 saturated carbocycles. The molecule has 0 aromatic heterocycles. The Kier molecular flexibility index (Phi) is 5.97. The van der Waals surface area contributed by atoms with Gasteiger partial charge in [-0.1, -0.05) is 163 Å². The van der Waals surface area contributed by atoms with Crippen molar-refractivity contribution in [2.45, 2.75) is 57.8 Å². The van der Waals surface area contributed by atoms with Crippen LogP contribution in [0.4, 0.5) is 0 Å². The maximum Gasteiger partial charge on any atom is 0.0725 e. The Hall–Kier alpha value is -4.68. The highest BCUT2D eigenvalue weighted by Crippen LogP contribution is 2.63. The molecule has 0 unspecified atom stereocenters. The highest BCUT2D eigenvalue weighted by molar-refractivity contribution is 5.97. The van der Waals surface area contributed by atoms with Gasteiger partial charge in [0, 0.05) is 0 Å². The van der Waals surface area contributed by atoms with Crippen LogP contribution in [0.2, 0.25) is 0 Å². The second kappa shape index (κ2) is 9.66. The topological polar surface area (TPSA) is 0 Å². The molecule has 220 valence electrons. The number of rotatable bonds is 2. The van der Waals surface area contributed by atoms with Crippen LogP contribution in [0.15, 0.2) is 133 Å². The van der Waals surface area contributed by atoms with E-state index in [0.717, 1.165) is 0 Å². The van der Waals surface area contributed by atoms with Crippen LogP contribution in [0.1, 0.15) is 74.9 Å². The fraction of sp³-hybridized carbons (Fsp3) is 0.200. The van der Waals surface area contributed by atoms with E-state index in [4.69, 9.17) is 0 Å². The predicted molar refractivity (Wildman–Crippen MR) is 191 cm³/mol. The monoisotopic (exact) mass is 580 g/mol. The molecule has 0 radical (unpaired) electrons. The Morgan fingerprint density at radius 2 is 0.667 bits per heavy atom. The average molecular weight is 581 g/mol. The molecule has 0 aliphatic heterocycles. The highest BCUT2D eigenvalue weighted by atomic mass is 14.5. The van der Waals surface area contributed by atoms with Gasteiger partial charge in [-0.05, 0) is 101 Å². The summed E-state index contributed by atoms with van der Waals surface area (Å²) in [5.74, 6) is 0. The molecular formula is C45H40. The molecule has 0 N–H and O–H groups in total. The van der Waals surface area contributed by atoms with E-state index in [1.165, 1.54) is 77.9 Å². The molecule has 45 heavy (non-hydrogen) atoms. The first-order valence-corrected chi connectivity index (χ1v) is 16.3. The lowest BCUT2D eigenvalue weighted by atomic mass is 9.70. The Bertz CT molecular complexity index is 1940. The van der Waals surface area contributed by atoms with Gasteiger partial charge in [0.25, 0.3) is 0 Å². The van der Waals surface area contributed by atoms with Crippen LogP contribution in [0, 0.1) is 0 Å². The first-order valence-electron chi connectivity index (χ1n) is 16.3. The lowest BCUT2D eigenvalue weighted by Crippen LogP contribution is -2.25. The summed E-state index contributed by atoms with van der Waals surface area (Å²) in [7, 11) is 0. The van der Waals surface area contributed by atoms with Crippen LogP contribution in [-0.2, 0) is 16.2 Å². The molecule has 8 rings (SSSR count). The van der Waals surface area contributed by atoms with E-state index in [9.17, 15) is 0 Å². The minimum absolute atomic E-state index is 0.131. The Morgan fingerprint density at radius 3 is 1.04 bits per heavy atom. The van der Waals surface area contributed by atoms with Gasteiger partial charge in [0.15, 0.2) is 0 Å². The SMILES string of the molecule is CC(C)(C)c1ccc(-c2ccc3c(c2)-c2cc(-c4ccc(C(C)(C)C)cc4)ccc2C32c3ccccc3-c3ccccc32)cc1. The maximum atomic E-state index is 2.45. The quantitative estimate of drug-likeness (QED) is 0.191. The van der Waals surface area contributed by atoms with Gasteiger partial charge in [0.2, 0.25) is 0 Å². The summed E-state index contributed by atoms with van der Waals surface area (Å²) >= 11 is 0. The zero-order valence-electron chi connectivity index (χ0n) is 27.2. The van der Waals surface area contributed by atoms with Crippen molar-refractivity contribution in [3.63, 3.8) is 0 Å². The molecule has 0 bridgehead atoms. The lowest BCUT2D eigenvalue weighted by Gasteiger charge is -2.30. The van der Waals surface area contributed by atoms with Crippen LogP contribution >= 0.6 is 0 Å². The molecule has 0 amide bonds. The number of fused-ring (bicyclic) bond motifs is 10. The minimum atomic E-state index is -0.332. The molecule has 0 fully saturated rings. The van der Waals surface area contributed by atoms with Gasteiger partial charge < -0.3 is 0 Å². The van der Waals surface area contributed by atoms with Gasteiger partial charge in [0.1, 0.15) is 0 Å². The summed E-state index contributed by atoms with van der Waals surface area (Å²) in [5, 5.41) is 0. The Morgan fingerprint density at radius 1 is 0.333 bits per heavy atom. The van der Waals surface area contributed by atoms with E-state index < -0.39 is 0 Å². The smallest absolute Gasteiger partial charge is 0.0619 e. The normalized spacial score (nSPS) is 14.2. The Balaban J connectivity index is 1.37. The van der Waals surface area contributed by atoms with Crippen LogP contribution in [0.25, 0.3) is 44.5 Å². The first-order chi connectivity index (χ1) is 21.6. The summed E-state index contributed by atoms with van der Waals surface area (Å²) in [6, 6.07) is 50.8. The third kappa shape index (κ3) is 4.12. The maximum absolute atomic E-state index is 2.45. The largest absolute Gasteiger partial charge is 0.0725 e. The summed E-state index contributed by atoms with van der Waals surface area (Å²) in [4.78, 5) is 0. The van der Waals surface area contributed by atoms with E-state index in [1.54, 1.807) is 0 Å². The number of hydrogen-bond acceptors (Lipinski definition) is 0. The van der Waals surface area contributed by atoms with Gasteiger partial charge in [-0.3, -0.25) is 0 Å². The predicted octanol–water partition coefficient (Wildman–Crippen LogP) is 12.0. The highest BCUT2D eigenvalue weighted by Gasteiger charge is 2.51. The summed E-state index contributed by atoms with van der Waals surface area (Å²) in [6.07, 6.45) is 0. The summed E-state index contributed by atoms with van der Waals surface area (Å²) in [5.41, 5.74) is 18.6. The molecule has 6 aromatic rings. The fourth-order valence-electron chi connectivity index (χ4n) is 7.83. The summed E-state index contributed by atoms with van der Waals surface area (Å²) < 4.78 is 0. The molecule has 0 heteroatoms. The van der Waals surface area contributed by atoms with Gasteiger partial charge >= 0.3 is 0 Å². The first kappa shape index (κ1) is 27.8. The van der Waals surface area contributed by atoms with Crippen molar-refractivity contribution in [3.05, 3.63) is 167 Å². The molecule has 0 heterocycles. The van der Waals surface area contributed by atoms with Gasteiger partial charge in [-0.2, -0.15) is 0 Å². The molecule has 2 aliphatic rings. The van der Waals surface area contributed by atoms with Crippen LogP contribution in [-0.4, -0.2) is 0 Å². The Labute approximate surface area is 268 Å². The van der Waals surface area contributed by atoms with Crippen LogP contribution < -0.4 is 0 Å². The van der Waals surface area contributed by atoms with E-state index in [-0.39, 0.29) is 16.2 Å². The van der Waals surface area contributed by atoms with Crippen molar-refractivity contribution in [1.29, 1.82) is 0 Å². The third-order valence-electron chi connectivity index (χ3n) is 10.3. The van der Waals surface area contributed by atoms with Crippen molar-refractivity contribution < 1.29 is 0 Å². The van der Waals surface area contributed by atoms with E-state index in [0.29, 0.717) is 0 Å². The fourth-order valence-corrected chi connectivity index (χ4v) is 7.83. The second-order valence-electron chi connectivity index (χ2n) is 15.0. The van der Waals surface area contributed by atoms with Crippen molar-refractivity contribution in [3.8, 4) is 44.5 Å². The molecule has 1 spiro atoms. The van der Waals surface area contributed by atoms with E-state index >= 15 is 0 Å². The molecule has 2 aliphatic carbocycles. The van der Waals surface area contributed by atoms with Gasteiger partial charge in [-0.25, -0.2) is 0 Å². The average Bonchev–Trinajstić information content (AvgIpc) is 3.50.